The number of rotatable bonds is 7. The molecule has 1 unspecified atom stereocenters. The monoisotopic (exact) mass is 468 g/mol. The van der Waals surface area contributed by atoms with Crippen LogP contribution in [0.1, 0.15) is 24.1 Å². The highest BCUT2D eigenvalue weighted by atomic mass is 16.5. The number of allylic oxidation sites excluding steroid dienone is 1. The first-order valence-electron chi connectivity index (χ1n) is 11.1. The van der Waals surface area contributed by atoms with E-state index < -0.39 is 6.04 Å². The average molecular weight is 469 g/mol. The molecular weight excluding hydrogens is 444 g/mol. The van der Waals surface area contributed by atoms with Gasteiger partial charge in [-0.3, -0.25) is 4.79 Å². The van der Waals surface area contributed by atoms with Crippen molar-refractivity contribution in [1.82, 2.24) is 19.7 Å². The highest BCUT2D eigenvalue weighted by Gasteiger charge is 2.34. The van der Waals surface area contributed by atoms with E-state index in [-0.39, 0.29) is 5.91 Å². The van der Waals surface area contributed by atoms with Crippen molar-refractivity contribution in [1.29, 1.82) is 0 Å². The zero-order valence-electron chi connectivity index (χ0n) is 19.3. The van der Waals surface area contributed by atoms with Gasteiger partial charge in [0.05, 0.1) is 12.7 Å². The lowest BCUT2D eigenvalue weighted by Gasteiger charge is -2.29. The van der Waals surface area contributed by atoms with Crippen molar-refractivity contribution >= 4 is 17.7 Å². The maximum atomic E-state index is 13.4. The molecule has 4 aromatic rings. The third-order valence-electron chi connectivity index (χ3n) is 5.69. The van der Waals surface area contributed by atoms with E-state index in [1.165, 1.54) is 6.33 Å². The van der Waals surface area contributed by atoms with Crippen molar-refractivity contribution in [2.45, 2.75) is 19.6 Å². The van der Waals surface area contributed by atoms with Gasteiger partial charge in [0, 0.05) is 11.9 Å². The summed E-state index contributed by atoms with van der Waals surface area (Å²) in [4.78, 5) is 21.9. The fourth-order valence-electron chi connectivity index (χ4n) is 4.02. The van der Waals surface area contributed by atoms with Gasteiger partial charge >= 0.3 is 0 Å². The zero-order valence-corrected chi connectivity index (χ0v) is 19.3. The quantitative estimate of drug-likeness (QED) is 0.419. The van der Waals surface area contributed by atoms with E-state index in [1.54, 1.807) is 30.1 Å². The van der Waals surface area contributed by atoms with Crippen LogP contribution in [0.5, 0.6) is 11.5 Å². The van der Waals surface area contributed by atoms with E-state index in [0.717, 1.165) is 11.1 Å². The number of nitrogens with zero attached hydrogens (tertiary/aromatic N) is 4. The minimum absolute atomic E-state index is 0.289. The summed E-state index contributed by atoms with van der Waals surface area (Å²) in [5, 5.41) is 10.4. The molecule has 1 aliphatic heterocycles. The number of hydrogen-bond acceptors (Lipinski definition) is 7. The van der Waals surface area contributed by atoms with Gasteiger partial charge in [0.15, 0.2) is 11.5 Å². The normalized spacial score (nSPS) is 14.6. The summed E-state index contributed by atoms with van der Waals surface area (Å²) in [5.41, 5.74) is 3.02. The van der Waals surface area contributed by atoms with Gasteiger partial charge in [-0.1, -0.05) is 42.5 Å². The molecule has 9 heteroatoms. The lowest BCUT2D eigenvalue weighted by Crippen LogP contribution is -2.31. The van der Waals surface area contributed by atoms with E-state index >= 15 is 0 Å². The zero-order chi connectivity index (χ0) is 24.2. The van der Waals surface area contributed by atoms with Crippen molar-refractivity contribution < 1.29 is 14.3 Å². The fourth-order valence-corrected chi connectivity index (χ4v) is 4.02. The number of hydrogen-bond donors (Lipinski definition) is 2. The SMILES string of the molecule is COc1cc(C2C(C(=O)Nc3ccccn3)=C(C)Nc3ncnn32)ccc1OCc1ccccc1. The molecular formula is C26H24N6O3. The van der Waals surface area contributed by atoms with Gasteiger partial charge in [-0.05, 0) is 42.3 Å². The Morgan fingerprint density at radius 3 is 2.66 bits per heavy atom. The molecule has 2 N–H and O–H groups in total. The Balaban J connectivity index is 1.48. The van der Waals surface area contributed by atoms with Crippen molar-refractivity contribution in [3.63, 3.8) is 0 Å². The summed E-state index contributed by atoms with van der Waals surface area (Å²) >= 11 is 0. The third-order valence-corrected chi connectivity index (χ3v) is 5.69. The summed E-state index contributed by atoms with van der Waals surface area (Å²) in [7, 11) is 1.59. The Morgan fingerprint density at radius 1 is 1.06 bits per heavy atom. The standard InChI is InChI=1S/C26H24N6O3/c1-17-23(25(33)31-22-10-6-7-13-27-22)24(32-26(30-17)28-16-29-32)19-11-12-20(21(14-19)34-2)35-15-18-8-4-3-5-9-18/h3-14,16,24H,15H2,1-2H3,(H,27,31,33)(H,28,29,30). The fraction of sp³-hybridized carbons (Fsp3) is 0.154. The van der Waals surface area contributed by atoms with E-state index in [0.29, 0.717) is 41.1 Å². The second-order valence-electron chi connectivity index (χ2n) is 7.95. The van der Waals surface area contributed by atoms with Crippen LogP contribution in [0, 0.1) is 0 Å². The average Bonchev–Trinajstić information content (AvgIpc) is 3.35. The number of amides is 1. The van der Waals surface area contributed by atoms with E-state index in [2.05, 4.69) is 25.7 Å². The Kier molecular flexibility index (Phi) is 6.13. The number of pyridine rings is 1. The Labute approximate surface area is 202 Å². The lowest BCUT2D eigenvalue weighted by atomic mass is 9.94. The summed E-state index contributed by atoms with van der Waals surface area (Å²) in [6.07, 6.45) is 3.08. The number of fused-ring (bicyclic) bond motifs is 1. The molecule has 35 heavy (non-hydrogen) atoms. The van der Waals surface area contributed by atoms with Gasteiger partial charge in [0.25, 0.3) is 5.91 Å². The molecule has 0 spiro atoms. The first kappa shape index (κ1) is 22.1. The van der Waals surface area contributed by atoms with Gasteiger partial charge in [0.1, 0.15) is 24.8 Å². The smallest absolute Gasteiger partial charge is 0.257 e. The van der Waals surface area contributed by atoms with Crippen molar-refractivity contribution in [3.05, 3.63) is 102 Å². The first-order chi connectivity index (χ1) is 17.1. The molecule has 5 rings (SSSR count). The molecule has 0 aliphatic carbocycles. The minimum Gasteiger partial charge on any atom is -0.493 e. The van der Waals surface area contributed by atoms with Crippen LogP contribution in [0.15, 0.2) is 90.5 Å². The van der Waals surface area contributed by atoms with E-state index in [1.807, 2.05) is 61.5 Å². The molecule has 1 atom stereocenters. The molecule has 1 aliphatic rings. The second kappa shape index (κ2) is 9.68. The highest BCUT2D eigenvalue weighted by molar-refractivity contribution is 6.05. The summed E-state index contributed by atoms with van der Waals surface area (Å²) < 4.78 is 13.3. The number of ether oxygens (including phenoxy) is 2. The second-order valence-corrected chi connectivity index (χ2v) is 7.95. The maximum Gasteiger partial charge on any atom is 0.257 e. The third kappa shape index (κ3) is 4.56. The van der Waals surface area contributed by atoms with Gasteiger partial charge in [-0.15, -0.1) is 0 Å². The number of aromatic nitrogens is 4. The maximum absolute atomic E-state index is 13.4. The number of benzene rings is 2. The molecule has 2 aromatic heterocycles. The number of nitrogens with one attached hydrogen (secondary N) is 2. The topological polar surface area (TPSA) is 103 Å². The van der Waals surface area contributed by atoms with Crippen LogP contribution in [0.25, 0.3) is 0 Å². The largest absolute Gasteiger partial charge is 0.493 e. The Bertz CT molecular complexity index is 1370. The summed E-state index contributed by atoms with van der Waals surface area (Å²) in [6, 6.07) is 20.3. The highest BCUT2D eigenvalue weighted by Crippen LogP contribution is 2.39. The number of methoxy groups -OCH3 is 1. The lowest BCUT2D eigenvalue weighted by molar-refractivity contribution is -0.113. The van der Waals surface area contributed by atoms with Gasteiger partial charge in [0.2, 0.25) is 5.95 Å². The van der Waals surface area contributed by atoms with Crippen LogP contribution in [0.4, 0.5) is 11.8 Å². The van der Waals surface area contributed by atoms with Gasteiger partial charge in [-0.25, -0.2) is 9.67 Å². The molecule has 0 radical (unpaired) electrons. The first-order valence-corrected chi connectivity index (χ1v) is 11.1. The number of anilines is 2. The summed E-state index contributed by atoms with van der Waals surface area (Å²) in [6.45, 7) is 2.25. The molecule has 0 saturated carbocycles. The molecule has 1 amide bonds. The van der Waals surface area contributed by atoms with Gasteiger partial charge < -0.3 is 20.1 Å². The minimum atomic E-state index is -0.533. The molecule has 2 aromatic carbocycles. The van der Waals surface area contributed by atoms with E-state index in [9.17, 15) is 4.79 Å². The molecule has 9 nitrogen and oxygen atoms in total. The molecule has 176 valence electrons. The number of carbonyl (C=O) groups excluding carboxylic acids is 1. The van der Waals surface area contributed by atoms with Crippen LogP contribution in [0.2, 0.25) is 0 Å². The predicted molar refractivity (Wildman–Crippen MR) is 131 cm³/mol. The summed E-state index contributed by atoms with van der Waals surface area (Å²) in [5.74, 6) is 1.88. The van der Waals surface area contributed by atoms with E-state index in [4.69, 9.17) is 9.47 Å². The van der Waals surface area contributed by atoms with Crippen LogP contribution in [-0.4, -0.2) is 32.8 Å². The molecule has 3 heterocycles. The molecule has 0 saturated heterocycles. The Hall–Kier alpha value is -4.66. The van der Waals surface area contributed by atoms with Crippen LogP contribution >= 0.6 is 0 Å². The van der Waals surface area contributed by atoms with Gasteiger partial charge in [-0.2, -0.15) is 10.1 Å². The van der Waals surface area contributed by atoms with Crippen LogP contribution < -0.4 is 20.1 Å². The van der Waals surface area contributed by atoms with Crippen molar-refractivity contribution in [3.8, 4) is 11.5 Å². The predicted octanol–water partition coefficient (Wildman–Crippen LogP) is 4.19. The van der Waals surface area contributed by atoms with Crippen LogP contribution in [-0.2, 0) is 11.4 Å². The van der Waals surface area contributed by atoms with Crippen LogP contribution in [0.3, 0.4) is 0 Å². The Morgan fingerprint density at radius 2 is 1.89 bits per heavy atom. The molecule has 0 fully saturated rings. The van der Waals surface area contributed by atoms with Crippen molar-refractivity contribution in [2.75, 3.05) is 17.7 Å². The molecule has 0 bridgehead atoms. The number of carbonyl (C=O) groups is 1. The van der Waals surface area contributed by atoms with Crippen molar-refractivity contribution in [2.24, 2.45) is 0 Å².